The van der Waals surface area contributed by atoms with Gasteiger partial charge in [0.15, 0.2) is 10.8 Å². The fourth-order valence-corrected chi connectivity index (χ4v) is 0.0680. The molecule has 0 saturated carbocycles. The summed E-state index contributed by atoms with van der Waals surface area (Å²) in [5, 5.41) is 0. The van der Waals surface area contributed by atoms with Crippen LogP contribution in [0.4, 0.5) is 0 Å². The molecule has 0 amide bonds. The molecule has 0 rings (SSSR count). The van der Waals surface area contributed by atoms with Crippen LogP contribution in [-0.2, 0) is 20.4 Å². The quantitative estimate of drug-likeness (QED) is 0.285. The normalized spacial score (nSPS) is 7.00. The van der Waals surface area contributed by atoms with E-state index in [0.717, 1.165) is 0 Å². The third-order valence-electron chi connectivity index (χ3n) is 0.190. The van der Waals surface area contributed by atoms with Crippen molar-refractivity contribution >= 4 is 22.0 Å². The summed E-state index contributed by atoms with van der Waals surface area (Å²) in [4.78, 5) is 18.4. The van der Waals surface area contributed by atoms with E-state index in [-0.39, 0.29) is 42.2 Å². The van der Waals surface area contributed by atoms with E-state index in [1.165, 1.54) is 0 Å². The third kappa shape index (κ3) is 6.49. The van der Waals surface area contributed by atoms with E-state index in [0.29, 0.717) is 0 Å². The van der Waals surface area contributed by atoms with E-state index < -0.39 is 10.8 Å². The second-order valence-corrected chi connectivity index (χ2v) is 1.56. The Kier molecular flexibility index (Phi) is 9.70. The van der Waals surface area contributed by atoms with Crippen LogP contribution in [0, 0.1) is 0 Å². The molecule has 0 aromatic rings. The average molecular weight is 130 g/mol. The summed E-state index contributed by atoms with van der Waals surface area (Å²) in [6, 6.07) is 0. The Balaban J connectivity index is -0.000000125. The SMILES string of the molecule is O=CS(=O)C=O.[H-].[Na+]. The van der Waals surface area contributed by atoms with Crippen LogP contribution >= 0.6 is 0 Å². The van der Waals surface area contributed by atoms with Gasteiger partial charge in [0, 0.05) is 0 Å². The van der Waals surface area contributed by atoms with Crippen molar-refractivity contribution in [2.24, 2.45) is 0 Å². The molecule has 0 bridgehead atoms. The second kappa shape index (κ2) is 6.49. The van der Waals surface area contributed by atoms with Crippen LogP contribution in [0.1, 0.15) is 1.43 Å². The van der Waals surface area contributed by atoms with E-state index >= 15 is 0 Å². The number of carbonyl (C=O) groups is 2. The van der Waals surface area contributed by atoms with Gasteiger partial charge in [0.2, 0.25) is 11.2 Å². The van der Waals surface area contributed by atoms with Crippen molar-refractivity contribution in [3.63, 3.8) is 0 Å². The van der Waals surface area contributed by atoms with Crippen LogP contribution in [0.25, 0.3) is 0 Å². The van der Waals surface area contributed by atoms with Crippen LogP contribution in [0.5, 0.6) is 0 Å². The Morgan fingerprint density at radius 3 is 1.57 bits per heavy atom. The molecule has 0 aromatic heterocycles. The van der Waals surface area contributed by atoms with E-state index in [9.17, 15) is 13.8 Å². The molecular weight excluding hydrogens is 127 g/mol. The van der Waals surface area contributed by atoms with Crippen LogP contribution in [0.3, 0.4) is 0 Å². The maximum Gasteiger partial charge on any atom is 1.00 e. The zero-order chi connectivity index (χ0) is 4.99. The molecule has 0 radical (unpaired) electrons. The van der Waals surface area contributed by atoms with Gasteiger partial charge in [-0.15, -0.1) is 0 Å². The third-order valence-corrected chi connectivity index (χ3v) is 0.569. The van der Waals surface area contributed by atoms with E-state index in [1.54, 1.807) is 0 Å². The first-order valence-corrected chi connectivity index (χ1v) is 2.39. The number of hydrogen-bond donors (Lipinski definition) is 0. The van der Waals surface area contributed by atoms with Crippen molar-refractivity contribution in [1.82, 2.24) is 0 Å². The summed E-state index contributed by atoms with van der Waals surface area (Å²) < 4.78 is 9.56. The van der Waals surface area contributed by atoms with Crippen molar-refractivity contribution in [3.8, 4) is 0 Å². The Hall–Kier alpha value is 0.490. The summed E-state index contributed by atoms with van der Waals surface area (Å²) in [5.74, 6) is 0. The van der Waals surface area contributed by atoms with Crippen LogP contribution in [-0.4, -0.2) is 15.4 Å². The molecule has 0 aliphatic carbocycles. The summed E-state index contributed by atoms with van der Waals surface area (Å²) in [6.45, 7) is 0. The standard InChI is InChI=1S/C2H2O3S.Na.H/c3-1-6(5)2-4;;/h1-2H;;/q;+1;-1. The summed E-state index contributed by atoms with van der Waals surface area (Å²) >= 11 is 0. The molecule has 36 valence electrons. The molecule has 0 spiro atoms. The fraction of sp³-hybridized carbons (Fsp3) is 0. The molecule has 0 unspecified atom stereocenters. The van der Waals surface area contributed by atoms with Gasteiger partial charge >= 0.3 is 29.6 Å². The van der Waals surface area contributed by atoms with Gasteiger partial charge < -0.3 is 1.43 Å². The van der Waals surface area contributed by atoms with Gasteiger partial charge in [0.25, 0.3) is 0 Å². The van der Waals surface area contributed by atoms with Gasteiger partial charge in [-0.25, -0.2) is 4.21 Å². The van der Waals surface area contributed by atoms with Crippen molar-refractivity contribution in [2.75, 3.05) is 0 Å². The van der Waals surface area contributed by atoms with Crippen molar-refractivity contribution in [1.29, 1.82) is 0 Å². The minimum Gasteiger partial charge on any atom is -1.00 e. The Morgan fingerprint density at radius 1 is 1.29 bits per heavy atom. The molecule has 0 atom stereocenters. The van der Waals surface area contributed by atoms with E-state index in [2.05, 4.69) is 0 Å². The smallest absolute Gasteiger partial charge is 1.00 e. The topological polar surface area (TPSA) is 51.2 Å². The van der Waals surface area contributed by atoms with Crippen molar-refractivity contribution in [2.45, 2.75) is 0 Å². The van der Waals surface area contributed by atoms with Gasteiger partial charge in [0.1, 0.15) is 0 Å². The number of rotatable bonds is 2. The first-order chi connectivity index (χ1) is 2.81. The predicted molar refractivity (Wildman–Crippen MR) is 22.8 cm³/mol. The molecule has 0 heterocycles. The number of hydrogen-bond acceptors (Lipinski definition) is 3. The molecule has 0 fully saturated rings. The van der Waals surface area contributed by atoms with Crippen molar-refractivity contribution < 1.29 is 44.8 Å². The first-order valence-electron chi connectivity index (χ1n) is 1.11. The maximum atomic E-state index is 9.56. The molecule has 0 saturated heterocycles. The van der Waals surface area contributed by atoms with Crippen LogP contribution in [0.2, 0.25) is 0 Å². The molecule has 0 aromatic carbocycles. The van der Waals surface area contributed by atoms with E-state index in [1.807, 2.05) is 0 Å². The van der Waals surface area contributed by atoms with Gasteiger partial charge in [-0.2, -0.15) is 0 Å². The van der Waals surface area contributed by atoms with Gasteiger partial charge in [-0.1, -0.05) is 0 Å². The number of carbonyl (C=O) groups excluding carboxylic acids is 2. The maximum absolute atomic E-state index is 9.56. The molecule has 0 aliphatic heterocycles. The minimum atomic E-state index is -1.90. The molecule has 7 heavy (non-hydrogen) atoms. The molecule has 3 nitrogen and oxygen atoms in total. The van der Waals surface area contributed by atoms with Crippen LogP contribution in [0.15, 0.2) is 0 Å². The molecular formula is C2H3NaO3S. The van der Waals surface area contributed by atoms with Crippen LogP contribution < -0.4 is 29.6 Å². The second-order valence-electron chi connectivity index (χ2n) is 0.521. The first kappa shape index (κ1) is 10.5. The Morgan fingerprint density at radius 2 is 1.57 bits per heavy atom. The Bertz CT molecular complexity index is 85.3. The predicted octanol–water partition coefficient (Wildman–Crippen LogP) is -3.77. The summed E-state index contributed by atoms with van der Waals surface area (Å²) in [7, 11) is -1.90. The minimum absolute atomic E-state index is 0. The summed E-state index contributed by atoms with van der Waals surface area (Å²) in [6.07, 6.45) is 0. The molecule has 5 heteroatoms. The van der Waals surface area contributed by atoms with Gasteiger partial charge in [-0.05, 0) is 0 Å². The Labute approximate surface area is 66.7 Å². The zero-order valence-electron chi connectivity index (χ0n) is 4.79. The largest absolute Gasteiger partial charge is 1.00 e. The van der Waals surface area contributed by atoms with Crippen molar-refractivity contribution in [3.05, 3.63) is 0 Å². The molecule has 0 aliphatic rings. The average Bonchev–Trinajstić information content (AvgIpc) is 1.65. The summed E-state index contributed by atoms with van der Waals surface area (Å²) in [5.41, 5.74) is 0.153. The van der Waals surface area contributed by atoms with E-state index in [4.69, 9.17) is 0 Å². The monoisotopic (exact) mass is 130 g/mol. The van der Waals surface area contributed by atoms with Gasteiger partial charge in [0.05, 0.1) is 0 Å². The van der Waals surface area contributed by atoms with Gasteiger partial charge in [-0.3, -0.25) is 9.59 Å². The fourth-order valence-electron chi connectivity index (χ4n) is 0.0227. The zero-order valence-corrected chi connectivity index (χ0v) is 6.60. The molecule has 0 N–H and O–H groups in total.